The molecule has 2 aromatic carbocycles. The van der Waals surface area contributed by atoms with Crippen molar-refractivity contribution in [3.05, 3.63) is 64.2 Å². The van der Waals surface area contributed by atoms with E-state index in [4.69, 9.17) is 4.74 Å². The van der Waals surface area contributed by atoms with Gasteiger partial charge in [-0.05, 0) is 24.6 Å². The molecule has 6 nitrogen and oxygen atoms in total. The van der Waals surface area contributed by atoms with E-state index in [1.807, 2.05) is 13.0 Å². The molecule has 126 valence electrons. The number of amides is 1. The van der Waals surface area contributed by atoms with E-state index in [1.165, 1.54) is 23.9 Å². The molecule has 1 N–H and O–H groups in total. The largest absolute Gasteiger partial charge is 0.497 e. The summed E-state index contributed by atoms with van der Waals surface area (Å²) in [6, 6.07) is 13.6. The van der Waals surface area contributed by atoms with E-state index in [1.54, 1.807) is 37.4 Å². The summed E-state index contributed by atoms with van der Waals surface area (Å²) in [4.78, 5) is 22.4. The fraction of sp³-hybridized carbons (Fsp3) is 0.235. The molecular weight excluding hydrogens is 328 g/mol. The first kappa shape index (κ1) is 17.8. The molecular formula is C17H18N2O4S. The van der Waals surface area contributed by atoms with Crippen LogP contribution in [0.3, 0.4) is 0 Å². The Morgan fingerprint density at radius 3 is 2.75 bits per heavy atom. The minimum absolute atomic E-state index is 0.0269. The van der Waals surface area contributed by atoms with Crippen molar-refractivity contribution in [1.29, 1.82) is 0 Å². The smallest absolute Gasteiger partial charge is 0.269 e. The first-order chi connectivity index (χ1) is 11.5. The molecule has 0 spiro atoms. The Balaban J connectivity index is 1.91. The number of non-ortho nitro benzene ring substituents is 1. The van der Waals surface area contributed by atoms with E-state index >= 15 is 0 Å². The number of nitro benzene ring substituents is 1. The van der Waals surface area contributed by atoms with Crippen LogP contribution in [-0.4, -0.2) is 23.7 Å². The van der Waals surface area contributed by atoms with Crippen LogP contribution in [0.15, 0.2) is 48.5 Å². The highest BCUT2D eigenvalue weighted by atomic mass is 32.2. The highest BCUT2D eigenvalue weighted by Crippen LogP contribution is 2.30. The van der Waals surface area contributed by atoms with Crippen molar-refractivity contribution in [2.45, 2.75) is 12.2 Å². The molecule has 0 bridgehead atoms. The molecule has 1 amide bonds. The predicted octanol–water partition coefficient (Wildman–Crippen LogP) is 4.04. The Hall–Kier alpha value is -2.54. The van der Waals surface area contributed by atoms with Crippen LogP contribution >= 0.6 is 11.8 Å². The van der Waals surface area contributed by atoms with Gasteiger partial charge in [0.15, 0.2) is 0 Å². The SMILES string of the molecule is COc1cccc(NC(=O)CS[C@H](C)c2cccc([N+](=O)[O-])c2)c1. The number of ether oxygens (including phenoxy) is 1. The summed E-state index contributed by atoms with van der Waals surface area (Å²) in [6.07, 6.45) is 0. The van der Waals surface area contributed by atoms with Crippen molar-refractivity contribution in [3.8, 4) is 5.75 Å². The van der Waals surface area contributed by atoms with E-state index < -0.39 is 4.92 Å². The maximum atomic E-state index is 12.0. The molecule has 0 saturated heterocycles. The monoisotopic (exact) mass is 346 g/mol. The Bertz CT molecular complexity index is 736. The normalized spacial score (nSPS) is 11.6. The van der Waals surface area contributed by atoms with Crippen LogP contribution in [0, 0.1) is 10.1 Å². The summed E-state index contributed by atoms with van der Waals surface area (Å²) in [5.41, 5.74) is 1.55. The summed E-state index contributed by atoms with van der Waals surface area (Å²) in [5.74, 6) is 0.789. The quantitative estimate of drug-likeness (QED) is 0.604. The molecule has 24 heavy (non-hydrogen) atoms. The number of hydrogen-bond donors (Lipinski definition) is 1. The zero-order valence-corrected chi connectivity index (χ0v) is 14.2. The number of thioether (sulfide) groups is 1. The molecule has 0 aliphatic carbocycles. The van der Waals surface area contributed by atoms with Gasteiger partial charge in [0.1, 0.15) is 5.75 Å². The van der Waals surface area contributed by atoms with Crippen LogP contribution in [-0.2, 0) is 4.79 Å². The molecule has 0 aliphatic rings. The van der Waals surface area contributed by atoms with Crippen molar-refractivity contribution < 1.29 is 14.5 Å². The lowest BCUT2D eigenvalue weighted by atomic mass is 10.1. The number of benzene rings is 2. The van der Waals surface area contributed by atoms with Gasteiger partial charge < -0.3 is 10.1 Å². The molecule has 0 radical (unpaired) electrons. The summed E-state index contributed by atoms with van der Waals surface area (Å²) in [5, 5.41) is 13.6. The van der Waals surface area contributed by atoms with E-state index in [2.05, 4.69) is 5.32 Å². The van der Waals surface area contributed by atoms with Crippen molar-refractivity contribution in [2.75, 3.05) is 18.2 Å². The highest BCUT2D eigenvalue weighted by molar-refractivity contribution is 8.00. The second-order valence-corrected chi connectivity index (χ2v) is 6.41. The predicted molar refractivity (Wildman–Crippen MR) is 95.6 cm³/mol. The summed E-state index contributed by atoms with van der Waals surface area (Å²) in [6.45, 7) is 1.92. The van der Waals surface area contributed by atoms with Gasteiger partial charge in [0.2, 0.25) is 5.91 Å². The van der Waals surface area contributed by atoms with Gasteiger partial charge in [-0.15, -0.1) is 11.8 Å². The highest BCUT2D eigenvalue weighted by Gasteiger charge is 2.13. The number of nitrogens with one attached hydrogen (secondary N) is 1. The van der Waals surface area contributed by atoms with Crippen molar-refractivity contribution in [2.24, 2.45) is 0 Å². The van der Waals surface area contributed by atoms with Crippen molar-refractivity contribution in [1.82, 2.24) is 0 Å². The maximum Gasteiger partial charge on any atom is 0.269 e. The van der Waals surface area contributed by atoms with Crippen LogP contribution < -0.4 is 10.1 Å². The number of methoxy groups -OCH3 is 1. The van der Waals surface area contributed by atoms with Gasteiger partial charge in [-0.1, -0.05) is 18.2 Å². The van der Waals surface area contributed by atoms with Crippen LogP contribution in [0.4, 0.5) is 11.4 Å². The van der Waals surface area contributed by atoms with E-state index in [0.717, 1.165) is 5.56 Å². The van der Waals surface area contributed by atoms with E-state index in [-0.39, 0.29) is 22.6 Å². The zero-order chi connectivity index (χ0) is 17.5. The van der Waals surface area contributed by atoms with E-state index in [9.17, 15) is 14.9 Å². The minimum atomic E-state index is -0.420. The van der Waals surface area contributed by atoms with Gasteiger partial charge in [-0.2, -0.15) is 0 Å². The summed E-state index contributed by atoms with van der Waals surface area (Å²) in [7, 11) is 1.57. The average molecular weight is 346 g/mol. The number of nitrogens with zero attached hydrogens (tertiary/aromatic N) is 1. The van der Waals surface area contributed by atoms with Gasteiger partial charge in [0.25, 0.3) is 5.69 Å². The summed E-state index contributed by atoms with van der Waals surface area (Å²) >= 11 is 1.42. The molecule has 1 atom stereocenters. The van der Waals surface area contributed by atoms with Gasteiger partial charge in [0, 0.05) is 29.1 Å². The summed E-state index contributed by atoms with van der Waals surface area (Å²) < 4.78 is 5.11. The van der Waals surface area contributed by atoms with Crippen molar-refractivity contribution >= 4 is 29.0 Å². The first-order valence-electron chi connectivity index (χ1n) is 7.29. The first-order valence-corrected chi connectivity index (χ1v) is 8.34. The fourth-order valence-corrected chi connectivity index (χ4v) is 2.90. The number of rotatable bonds is 7. The molecule has 0 unspecified atom stereocenters. The Kier molecular flexibility index (Phi) is 6.20. The molecule has 0 heterocycles. The van der Waals surface area contributed by atoms with Gasteiger partial charge in [-0.3, -0.25) is 14.9 Å². The Morgan fingerprint density at radius 1 is 1.29 bits per heavy atom. The number of hydrogen-bond acceptors (Lipinski definition) is 5. The molecule has 0 aromatic heterocycles. The van der Waals surface area contributed by atoms with Gasteiger partial charge >= 0.3 is 0 Å². The van der Waals surface area contributed by atoms with Gasteiger partial charge in [-0.25, -0.2) is 0 Å². The third-order valence-corrected chi connectivity index (χ3v) is 4.57. The topological polar surface area (TPSA) is 81.5 Å². The fourth-order valence-electron chi connectivity index (χ4n) is 2.09. The number of anilines is 1. The Labute approximate surface area is 144 Å². The van der Waals surface area contributed by atoms with Gasteiger partial charge in [0.05, 0.1) is 17.8 Å². The molecule has 0 aliphatic heterocycles. The lowest BCUT2D eigenvalue weighted by Gasteiger charge is -2.12. The molecule has 7 heteroatoms. The molecule has 0 fully saturated rings. The third kappa shape index (κ3) is 4.99. The number of nitro groups is 1. The Morgan fingerprint density at radius 2 is 2.04 bits per heavy atom. The van der Waals surface area contributed by atoms with Crippen LogP contribution in [0.2, 0.25) is 0 Å². The minimum Gasteiger partial charge on any atom is -0.497 e. The zero-order valence-electron chi connectivity index (χ0n) is 13.4. The molecule has 2 rings (SSSR count). The maximum absolute atomic E-state index is 12.0. The average Bonchev–Trinajstić information content (AvgIpc) is 2.60. The number of carbonyl (C=O) groups excluding carboxylic acids is 1. The van der Waals surface area contributed by atoms with E-state index in [0.29, 0.717) is 11.4 Å². The lowest BCUT2D eigenvalue weighted by molar-refractivity contribution is -0.384. The standard InChI is InChI=1S/C17H18N2O4S/c1-12(13-5-3-7-15(9-13)19(21)22)24-11-17(20)18-14-6-4-8-16(10-14)23-2/h3-10,12H,11H2,1-2H3,(H,18,20)/t12-/m1/s1. The molecule has 2 aromatic rings. The number of carbonyl (C=O) groups is 1. The van der Waals surface area contributed by atoms with Crippen LogP contribution in [0.25, 0.3) is 0 Å². The third-order valence-electron chi connectivity index (χ3n) is 3.37. The van der Waals surface area contributed by atoms with Crippen LogP contribution in [0.5, 0.6) is 5.75 Å². The van der Waals surface area contributed by atoms with Crippen molar-refractivity contribution in [3.63, 3.8) is 0 Å². The van der Waals surface area contributed by atoms with Crippen LogP contribution in [0.1, 0.15) is 17.7 Å². The second-order valence-electron chi connectivity index (χ2n) is 5.09. The molecule has 0 saturated carbocycles. The second kappa shape index (κ2) is 8.35. The lowest BCUT2D eigenvalue weighted by Crippen LogP contribution is -2.14.